The van der Waals surface area contributed by atoms with Crippen LogP contribution in [0.3, 0.4) is 0 Å². The molecule has 3 N–H and O–H groups in total. The standard InChI is InChI=1S/C11H14F3N3O2.2ClH/c1-7(15)10(18)17-5-8-2-3-16-9(4-8)19-6-11(12,13)14;;/h2-4,7H,5-6,15H2,1H3,(H,17,18);2*1H/t7-;;/m1../s1. The molecule has 0 unspecified atom stereocenters. The first-order valence-corrected chi connectivity index (χ1v) is 5.46. The highest BCUT2D eigenvalue weighted by molar-refractivity contribution is 5.85. The number of amides is 1. The van der Waals surface area contributed by atoms with E-state index in [-0.39, 0.29) is 43.1 Å². The van der Waals surface area contributed by atoms with Crippen molar-refractivity contribution in [1.29, 1.82) is 0 Å². The van der Waals surface area contributed by atoms with E-state index in [4.69, 9.17) is 5.73 Å². The minimum absolute atomic E-state index is 0. The van der Waals surface area contributed by atoms with Crippen LogP contribution in [-0.2, 0) is 11.3 Å². The van der Waals surface area contributed by atoms with Crippen molar-refractivity contribution in [2.24, 2.45) is 5.73 Å². The van der Waals surface area contributed by atoms with E-state index in [1.807, 2.05) is 0 Å². The lowest BCUT2D eigenvalue weighted by molar-refractivity contribution is -0.154. The molecule has 0 aliphatic carbocycles. The van der Waals surface area contributed by atoms with Gasteiger partial charge in [-0.3, -0.25) is 4.79 Å². The Labute approximate surface area is 132 Å². The van der Waals surface area contributed by atoms with Crippen molar-refractivity contribution >= 4 is 30.7 Å². The number of ether oxygens (including phenoxy) is 1. The monoisotopic (exact) mass is 349 g/mol. The van der Waals surface area contributed by atoms with Gasteiger partial charge in [0.05, 0.1) is 6.04 Å². The molecule has 0 aliphatic rings. The van der Waals surface area contributed by atoms with Gasteiger partial charge < -0.3 is 15.8 Å². The average Bonchev–Trinajstić information content (AvgIpc) is 2.33. The van der Waals surface area contributed by atoms with Crippen LogP contribution in [0.4, 0.5) is 13.2 Å². The van der Waals surface area contributed by atoms with Crippen molar-refractivity contribution in [2.45, 2.75) is 25.7 Å². The number of alkyl halides is 3. The second-order valence-electron chi connectivity index (χ2n) is 3.91. The van der Waals surface area contributed by atoms with E-state index >= 15 is 0 Å². The molecule has 1 rings (SSSR count). The van der Waals surface area contributed by atoms with E-state index in [2.05, 4.69) is 15.0 Å². The van der Waals surface area contributed by atoms with Crippen LogP contribution < -0.4 is 15.8 Å². The topological polar surface area (TPSA) is 77.2 Å². The molecule has 0 saturated carbocycles. The zero-order valence-electron chi connectivity index (χ0n) is 11.0. The SMILES string of the molecule is C[C@@H](N)C(=O)NCc1ccnc(OCC(F)(F)F)c1.Cl.Cl. The third kappa shape index (κ3) is 9.33. The molecule has 0 saturated heterocycles. The quantitative estimate of drug-likeness (QED) is 0.850. The fourth-order valence-electron chi connectivity index (χ4n) is 1.15. The van der Waals surface area contributed by atoms with Gasteiger partial charge >= 0.3 is 6.18 Å². The molecule has 1 aromatic heterocycles. The number of halogens is 5. The van der Waals surface area contributed by atoms with Crippen molar-refractivity contribution in [3.8, 4) is 5.88 Å². The maximum absolute atomic E-state index is 12.0. The third-order valence-corrected chi connectivity index (χ3v) is 2.06. The number of aromatic nitrogens is 1. The van der Waals surface area contributed by atoms with Gasteiger partial charge in [0, 0.05) is 18.8 Å². The fraction of sp³-hybridized carbons (Fsp3) is 0.455. The van der Waals surface area contributed by atoms with Gasteiger partial charge in [-0.25, -0.2) is 4.98 Å². The average molecular weight is 350 g/mol. The van der Waals surface area contributed by atoms with Gasteiger partial charge in [0.25, 0.3) is 0 Å². The van der Waals surface area contributed by atoms with Crippen LogP contribution in [0.25, 0.3) is 0 Å². The normalized spacial score (nSPS) is 11.7. The van der Waals surface area contributed by atoms with Crippen LogP contribution >= 0.6 is 24.8 Å². The summed E-state index contributed by atoms with van der Waals surface area (Å²) in [5.74, 6) is -0.501. The number of carbonyl (C=O) groups is 1. The molecule has 0 spiro atoms. The van der Waals surface area contributed by atoms with E-state index in [0.717, 1.165) is 0 Å². The van der Waals surface area contributed by atoms with Crippen molar-refractivity contribution in [1.82, 2.24) is 10.3 Å². The number of hydrogen-bond donors (Lipinski definition) is 2. The third-order valence-electron chi connectivity index (χ3n) is 2.06. The Balaban J connectivity index is 0. The number of rotatable bonds is 5. The number of pyridine rings is 1. The lowest BCUT2D eigenvalue weighted by atomic mass is 10.2. The van der Waals surface area contributed by atoms with Crippen LogP contribution in [0.1, 0.15) is 12.5 Å². The molecule has 1 amide bonds. The lowest BCUT2D eigenvalue weighted by Crippen LogP contribution is -2.37. The Morgan fingerprint density at radius 2 is 2.10 bits per heavy atom. The van der Waals surface area contributed by atoms with Gasteiger partial charge in [-0.1, -0.05) is 0 Å². The summed E-state index contributed by atoms with van der Waals surface area (Å²) in [5.41, 5.74) is 5.92. The van der Waals surface area contributed by atoms with Gasteiger partial charge in [0.1, 0.15) is 0 Å². The van der Waals surface area contributed by atoms with E-state index < -0.39 is 18.8 Å². The minimum atomic E-state index is -4.42. The second-order valence-corrected chi connectivity index (χ2v) is 3.91. The smallest absolute Gasteiger partial charge is 0.422 e. The predicted octanol–water partition coefficient (Wildman–Crippen LogP) is 1.83. The predicted molar refractivity (Wildman–Crippen MR) is 75.8 cm³/mol. The summed E-state index contributed by atoms with van der Waals surface area (Å²) < 4.78 is 40.4. The summed E-state index contributed by atoms with van der Waals surface area (Å²) in [5, 5.41) is 2.53. The van der Waals surface area contributed by atoms with Crippen LogP contribution in [0.15, 0.2) is 18.3 Å². The number of nitrogens with one attached hydrogen (secondary N) is 1. The molecule has 0 radical (unpaired) electrons. The summed E-state index contributed by atoms with van der Waals surface area (Å²) in [4.78, 5) is 14.9. The first-order valence-electron chi connectivity index (χ1n) is 5.46. The summed E-state index contributed by atoms with van der Waals surface area (Å²) in [7, 11) is 0. The summed E-state index contributed by atoms with van der Waals surface area (Å²) in [6, 6.07) is 2.23. The molecule has 0 aliphatic heterocycles. The van der Waals surface area contributed by atoms with Gasteiger partial charge in [0.15, 0.2) is 6.61 Å². The van der Waals surface area contributed by atoms with Crippen LogP contribution in [0, 0.1) is 0 Å². The Hall–Kier alpha value is -1.25. The summed E-state index contributed by atoms with van der Waals surface area (Å²) >= 11 is 0. The Bertz CT molecular complexity index is 445. The number of nitrogens with two attached hydrogens (primary N) is 1. The van der Waals surface area contributed by atoms with E-state index in [0.29, 0.717) is 5.56 Å². The lowest BCUT2D eigenvalue weighted by Gasteiger charge is -2.10. The molecule has 1 atom stereocenters. The molecule has 1 heterocycles. The molecule has 1 aromatic rings. The number of carbonyl (C=O) groups excluding carboxylic acids is 1. The van der Waals surface area contributed by atoms with Crippen molar-refractivity contribution in [3.05, 3.63) is 23.9 Å². The second kappa shape index (κ2) is 9.64. The number of hydrogen-bond acceptors (Lipinski definition) is 4. The Morgan fingerprint density at radius 1 is 1.48 bits per heavy atom. The van der Waals surface area contributed by atoms with Crippen LogP contribution in [0.2, 0.25) is 0 Å². The maximum Gasteiger partial charge on any atom is 0.422 e. The highest BCUT2D eigenvalue weighted by atomic mass is 35.5. The van der Waals surface area contributed by atoms with E-state index in [1.54, 1.807) is 6.07 Å². The first-order chi connectivity index (χ1) is 8.78. The highest BCUT2D eigenvalue weighted by Gasteiger charge is 2.28. The molecular formula is C11H16Cl2F3N3O2. The summed E-state index contributed by atoms with van der Waals surface area (Å²) in [6.07, 6.45) is -3.11. The maximum atomic E-state index is 12.0. The molecule has 122 valence electrons. The Kier molecular flexibility index (Phi) is 10.1. The molecule has 0 bridgehead atoms. The van der Waals surface area contributed by atoms with Crippen molar-refractivity contribution in [3.63, 3.8) is 0 Å². The van der Waals surface area contributed by atoms with Crippen LogP contribution in [0.5, 0.6) is 5.88 Å². The van der Waals surface area contributed by atoms with Crippen LogP contribution in [-0.4, -0.2) is 29.7 Å². The fourth-order valence-corrected chi connectivity index (χ4v) is 1.15. The zero-order valence-corrected chi connectivity index (χ0v) is 12.6. The molecule has 0 aromatic carbocycles. The van der Waals surface area contributed by atoms with Gasteiger partial charge in [-0.05, 0) is 18.6 Å². The van der Waals surface area contributed by atoms with Crippen molar-refractivity contribution in [2.75, 3.05) is 6.61 Å². The van der Waals surface area contributed by atoms with Gasteiger partial charge in [-0.15, -0.1) is 24.8 Å². The summed E-state index contributed by atoms with van der Waals surface area (Å²) in [6.45, 7) is 0.265. The first kappa shape index (κ1) is 22.0. The largest absolute Gasteiger partial charge is 0.468 e. The van der Waals surface area contributed by atoms with E-state index in [1.165, 1.54) is 19.2 Å². The molecule has 5 nitrogen and oxygen atoms in total. The van der Waals surface area contributed by atoms with Crippen molar-refractivity contribution < 1.29 is 22.7 Å². The number of nitrogens with zero attached hydrogens (tertiary/aromatic N) is 1. The van der Waals surface area contributed by atoms with Gasteiger partial charge in [-0.2, -0.15) is 13.2 Å². The molecule has 0 fully saturated rings. The minimum Gasteiger partial charge on any atom is -0.468 e. The highest BCUT2D eigenvalue weighted by Crippen LogP contribution is 2.17. The van der Waals surface area contributed by atoms with Gasteiger partial charge in [0.2, 0.25) is 11.8 Å². The van der Waals surface area contributed by atoms with E-state index in [9.17, 15) is 18.0 Å². The molecule has 10 heteroatoms. The molecule has 21 heavy (non-hydrogen) atoms. The Morgan fingerprint density at radius 3 is 2.62 bits per heavy atom. The molecular weight excluding hydrogens is 334 g/mol. The zero-order chi connectivity index (χ0) is 14.5.